The van der Waals surface area contributed by atoms with E-state index in [0.29, 0.717) is 16.8 Å². The van der Waals surface area contributed by atoms with Crippen LogP contribution in [0.3, 0.4) is 0 Å². The zero-order chi connectivity index (χ0) is 22.1. The van der Waals surface area contributed by atoms with Crippen LogP contribution in [0.4, 0.5) is 5.95 Å². The van der Waals surface area contributed by atoms with E-state index in [9.17, 15) is 4.79 Å². The summed E-state index contributed by atoms with van der Waals surface area (Å²) in [5.41, 5.74) is 2.57. The number of halogens is 1. The van der Waals surface area contributed by atoms with Gasteiger partial charge < -0.3 is 14.5 Å². The van der Waals surface area contributed by atoms with E-state index in [0.717, 1.165) is 17.1 Å². The molecule has 0 saturated heterocycles. The van der Waals surface area contributed by atoms with Crippen molar-refractivity contribution in [1.29, 1.82) is 0 Å². The van der Waals surface area contributed by atoms with Crippen LogP contribution in [0.2, 0.25) is 5.02 Å². The maximum Gasteiger partial charge on any atom is 0.333 e. The minimum atomic E-state index is -0.138. The molecule has 160 valence electrons. The molecule has 0 saturated carbocycles. The van der Waals surface area contributed by atoms with Gasteiger partial charge in [0.25, 0.3) is 0 Å². The standard InChI is InChI=1S/C22H24ClN7O/c1-14(2)19-12-28(4)22(31)30(19)20-9-10-24-21(27-20)26-15(3)18-11-29(13-25-18)17-7-5-16(23)6-8-17/h5-15H,1-4H3,(H,24,26,27)/t15-/m1/s1. The van der Waals surface area contributed by atoms with E-state index in [1.165, 1.54) is 0 Å². The van der Waals surface area contributed by atoms with Gasteiger partial charge in [-0.2, -0.15) is 4.98 Å². The van der Waals surface area contributed by atoms with Crippen molar-refractivity contribution >= 4 is 17.5 Å². The second kappa shape index (κ2) is 8.39. The van der Waals surface area contributed by atoms with Gasteiger partial charge in [-0.15, -0.1) is 0 Å². The minimum Gasteiger partial charge on any atom is -0.346 e. The highest BCUT2D eigenvalue weighted by Gasteiger charge is 2.17. The number of aryl methyl sites for hydroxylation is 1. The molecule has 9 heteroatoms. The Bertz CT molecular complexity index is 1250. The third-order valence-electron chi connectivity index (χ3n) is 5.06. The molecule has 4 rings (SSSR count). The number of anilines is 1. The molecule has 31 heavy (non-hydrogen) atoms. The number of aromatic nitrogens is 6. The molecule has 0 radical (unpaired) electrons. The summed E-state index contributed by atoms with van der Waals surface area (Å²) in [7, 11) is 1.74. The number of nitrogens with zero attached hydrogens (tertiary/aromatic N) is 6. The van der Waals surface area contributed by atoms with Crippen molar-refractivity contribution in [2.45, 2.75) is 32.7 Å². The Morgan fingerprint density at radius 1 is 1.03 bits per heavy atom. The van der Waals surface area contributed by atoms with Crippen LogP contribution in [0.25, 0.3) is 11.5 Å². The quantitative estimate of drug-likeness (QED) is 0.491. The van der Waals surface area contributed by atoms with Crippen LogP contribution < -0.4 is 11.0 Å². The van der Waals surface area contributed by atoms with Crippen LogP contribution in [0.5, 0.6) is 0 Å². The first-order chi connectivity index (χ1) is 14.8. The first-order valence-electron chi connectivity index (χ1n) is 10.0. The van der Waals surface area contributed by atoms with E-state index < -0.39 is 0 Å². The van der Waals surface area contributed by atoms with E-state index in [2.05, 4.69) is 20.3 Å². The fraction of sp³-hybridized carbons (Fsp3) is 0.273. The second-order valence-electron chi connectivity index (χ2n) is 7.72. The van der Waals surface area contributed by atoms with E-state index in [4.69, 9.17) is 11.6 Å². The average Bonchev–Trinajstić information content (AvgIpc) is 3.34. The smallest absolute Gasteiger partial charge is 0.333 e. The first kappa shape index (κ1) is 20.9. The lowest BCUT2D eigenvalue weighted by Crippen LogP contribution is -2.23. The van der Waals surface area contributed by atoms with Crippen molar-refractivity contribution in [2.75, 3.05) is 5.32 Å². The molecule has 0 spiro atoms. The van der Waals surface area contributed by atoms with Gasteiger partial charge in [0, 0.05) is 48.1 Å². The highest BCUT2D eigenvalue weighted by atomic mass is 35.5. The Morgan fingerprint density at radius 2 is 1.77 bits per heavy atom. The molecule has 0 amide bonds. The highest BCUT2D eigenvalue weighted by Crippen LogP contribution is 2.20. The number of hydrogen-bond donors (Lipinski definition) is 1. The lowest BCUT2D eigenvalue weighted by Gasteiger charge is -2.13. The molecule has 3 heterocycles. The molecule has 8 nitrogen and oxygen atoms in total. The molecule has 1 N–H and O–H groups in total. The van der Waals surface area contributed by atoms with Crippen LogP contribution in [0.1, 0.15) is 44.1 Å². The topological polar surface area (TPSA) is 82.6 Å². The normalized spacial score (nSPS) is 12.3. The summed E-state index contributed by atoms with van der Waals surface area (Å²) < 4.78 is 5.12. The zero-order valence-corrected chi connectivity index (χ0v) is 18.6. The highest BCUT2D eigenvalue weighted by molar-refractivity contribution is 6.30. The Kier molecular flexibility index (Phi) is 5.65. The van der Waals surface area contributed by atoms with Crippen LogP contribution in [-0.4, -0.2) is 28.7 Å². The number of rotatable bonds is 6. The molecule has 0 fully saturated rings. The maximum atomic E-state index is 12.6. The summed E-state index contributed by atoms with van der Waals surface area (Å²) in [4.78, 5) is 26.0. The molecule has 0 aliphatic carbocycles. The Morgan fingerprint density at radius 3 is 2.48 bits per heavy atom. The van der Waals surface area contributed by atoms with Gasteiger partial charge in [-0.1, -0.05) is 25.4 Å². The van der Waals surface area contributed by atoms with E-state index in [-0.39, 0.29) is 17.6 Å². The molecule has 0 unspecified atom stereocenters. The van der Waals surface area contributed by atoms with Gasteiger partial charge in [-0.25, -0.2) is 19.3 Å². The monoisotopic (exact) mass is 437 g/mol. The predicted octanol–water partition coefficient (Wildman–Crippen LogP) is 4.10. The zero-order valence-electron chi connectivity index (χ0n) is 17.8. The van der Waals surface area contributed by atoms with Crippen molar-refractivity contribution in [3.05, 3.63) is 82.1 Å². The summed E-state index contributed by atoms with van der Waals surface area (Å²) in [5.74, 6) is 1.14. The lowest BCUT2D eigenvalue weighted by molar-refractivity contribution is 0.752. The maximum absolute atomic E-state index is 12.6. The third-order valence-corrected chi connectivity index (χ3v) is 5.31. The SMILES string of the molecule is CC(C)c1cn(C)c(=O)n1-c1ccnc(N[C@H](C)c2cn(-c3ccc(Cl)cc3)cn2)n1. The van der Waals surface area contributed by atoms with Crippen molar-refractivity contribution in [3.8, 4) is 11.5 Å². The van der Waals surface area contributed by atoms with Gasteiger partial charge >= 0.3 is 5.69 Å². The number of imidazole rings is 2. The summed E-state index contributed by atoms with van der Waals surface area (Å²) in [6.45, 7) is 6.08. The van der Waals surface area contributed by atoms with Gasteiger partial charge in [0.05, 0.1) is 18.1 Å². The number of hydrogen-bond acceptors (Lipinski definition) is 5. The Balaban J connectivity index is 1.58. The van der Waals surface area contributed by atoms with Crippen molar-refractivity contribution in [1.82, 2.24) is 28.7 Å². The van der Waals surface area contributed by atoms with Crippen molar-refractivity contribution in [2.24, 2.45) is 7.05 Å². The number of benzene rings is 1. The molecule has 1 atom stereocenters. The van der Waals surface area contributed by atoms with Crippen molar-refractivity contribution in [3.63, 3.8) is 0 Å². The predicted molar refractivity (Wildman–Crippen MR) is 121 cm³/mol. The molecule has 0 bridgehead atoms. The largest absolute Gasteiger partial charge is 0.346 e. The van der Waals surface area contributed by atoms with E-state index >= 15 is 0 Å². The van der Waals surface area contributed by atoms with Gasteiger partial charge in [0.2, 0.25) is 5.95 Å². The van der Waals surface area contributed by atoms with Gasteiger partial charge in [0.1, 0.15) is 5.82 Å². The fourth-order valence-corrected chi connectivity index (χ4v) is 3.47. The minimum absolute atomic E-state index is 0.136. The second-order valence-corrected chi connectivity index (χ2v) is 8.16. The summed E-state index contributed by atoms with van der Waals surface area (Å²) >= 11 is 5.97. The van der Waals surface area contributed by atoms with E-state index in [1.54, 1.807) is 34.8 Å². The van der Waals surface area contributed by atoms with Crippen molar-refractivity contribution < 1.29 is 0 Å². The van der Waals surface area contributed by atoms with Crippen LogP contribution >= 0.6 is 11.6 Å². The molecule has 3 aromatic heterocycles. The Labute approximate surface area is 185 Å². The van der Waals surface area contributed by atoms with Crippen LogP contribution in [-0.2, 0) is 7.05 Å². The number of nitrogens with one attached hydrogen (secondary N) is 1. The van der Waals surface area contributed by atoms with Gasteiger partial charge in [-0.3, -0.25) is 0 Å². The van der Waals surface area contributed by atoms with E-state index in [1.807, 2.05) is 62.0 Å². The Hall–Kier alpha value is -3.39. The molecule has 0 aliphatic rings. The average molecular weight is 438 g/mol. The molecule has 1 aromatic carbocycles. The summed E-state index contributed by atoms with van der Waals surface area (Å²) in [5, 5.41) is 3.97. The summed E-state index contributed by atoms with van der Waals surface area (Å²) in [6, 6.07) is 9.15. The summed E-state index contributed by atoms with van der Waals surface area (Å²) in [6.07, 6.45) is 7.19. The lowest BCUT2D eigenvalue weighted by atomic mass is 10.1. The molecule has 4 aromatic rings. The van der Waals surface area contributed by atoms with Gasteiger partial charge in [0.15, 0.2) is 0 Å². The third kappa shape index (κ3) is 4.25. The molecular weight excluding hydrogens is 414 g/mol. The van der Waals surface area contributed by atoms with Crippen LogP contribution in [0.15, 0.2) is 60.0 Å². The van der Waals surface area contributed by atoms with Crippen LogP contribution in [0, 0.1) is 0 Å². The fourth-order valence-electron chi connectivity index (χ4n) is 3.34. The molecule has 0 aliphatic heterocycles. The molecular formula is C22H24ClN7O. The first-order valence-corrected chi connectivity index (χ1v) is 10.4. The van der Waals surface area contributed by atoms with Gasteiger partial charge in [-0.05, 0) is 37.1 Å².